The summed E-state index contributed by atoms with van der Waals surface area (Å²) >= 11 is 0. The van der Waals surface area contributed by atoms with Gasteiger partial charge in [-0.05, 0) is 32.6 Å². The topological polar surface area (TPSA) is 26.3 Å². The lowest BCUT2D eigenvalue weighted by atomic mass is 10.1. The number of hydrogen-bond acceptors (Lipinski definition) is 2. The fourth-order valence-electron chi connectivity index (χ4n) is 1.63. The summed E-state index contributed by atoms with van der Waals surface area (Å²) in [5.41, 5.74) is 0. The lowest BCUT2D eigenvalue weighted by molar-refractivity contribution is -0.137. The van der Waals surface area contributed by atoms with Crippen LogP contribution in [0.3, 0.4) is 0 Å². The van der Waals surface area contributed by atoms with E-state index in [0.717, 1.165) is 19.3 Å². The maximum atomic E-state index is 11.0. The normalized spacial score (nSPS) is 10.6. The molecule has 0 heterocycles. The predicted molar refractivity (Wildman–Crippen MR) is 72.9 cm³/mol. The fraction of sp³-hybridized carbons (Fsp3) is 0.667. The molecule has 0 amide bonds. The number of esters is 1. The highest BCUT2D eigenvalue weighted by atomic mass is 16.5. The lowest BCUT2D eigenvalue weighted by Crippen LogP contribution is -1.98. The molecule has 0 aromatic carbocycles. The number of carbonyl (C=O) groups excluding carboxylic acids is 1. The molecule has 0 atom stereocenters. The van der Waals surface area contributed by atoms with E-state index in [1.54, 1.807) is 0 Å². The number of carbonyl (C=O) groups is 1. The van der Waals surface area contributed by atoms with Crippen molar-refractivity contribution in [3.63, 3.8) is 0 Å². The number of allylic oxidation sites excluding steroid dienone is 2. The fourth-order valence-corrected chi connectivity index (χ4v) is 1.63. The molecule has 0 aliphatic rings. The van der Waals surface area contributed by atoms with Gasteiger partial charge in [0.1, 0.15) is 0 Å². The Morgan fingerprint density at radius 1 is 1.06 bits per heavy atom. The second-order valence-electron chi connectivity index (χ2n) is 4.14. The minimum atomic E-state index is -0.225. The van der Waals surface area contributed by atoms with Crippen molar-refractivity contribution < 1.29 is 9.53 Å². The van der Waals surface area contributed by atoms with Crippen molar-refractivity contribution in [2.75, 3.05) is 6.61 Å². The smallest absolute Gasteiger partial charge is 0.330 e. The molecule has 0 saturated heterocycles. The average molecular weight is 238 g/mol. The molecule has 0 rings (SSSR count). The zero-order valence-corrected chi connectivity index (χ0v) is 11.1. The first kappa shape index (κ1) is 16.0. The van der Waals surface area contributed by atoms with Gasteiger partial charge in [-0.15, -0.1) is 6.58 Å². The first-order valence-corrected chi connectivity index (χ1v) is 6.75. The van der Waals surface area contributed by atoms with Crippen molar-refractivity contribution in [1.29, 1.82) is 0 Å². The summed E-state index contributed by atoms with van der Waals surface area (Å²) in [7, 11) is 0. The first-order valence-electron chi connectivity index (χ1n) is 6.75. The van der Waals surface area contributed by atoms with Crippen LogP contribution in [0.1, 0.15) is 58.3 Å². The number of hydrogen-bond donors (Lipinski definition) is 0. The molecule has 0 bridgehead atoms. The highest BCUT2D eigenvalue weighted by Crippen LogP contribution is 2.08. The van der Waals surface area contributed by atoms with Crippen molar-refractivity contribution in [2.45, 2.75) is 58.3 Å². The molecule has 0 fully saturated rings. The van der Waals surface area contributed by atoms with E-state index in [9.17, 15) is 4.79 Å². The summed E-state index contributed by atoms with van der Waals surface area (Å²) < 4.78 is 4.79. The summed E-state index contributed by atoms with van der Waals surface area (Å²) in [4.78, 5) is 11.0. The quantitative estimate of drug-likeness (QED) is 0.231. The van der Waals surface area contributed by atoms with Gasteiger partial charge in [0, 0.05) is 6.08 Å². The monoisotopic (exact) mass is 238 g/mol. The van der Waals surface area contributed by atoms with Crippen molar-refractivity contribution in [3.8, 4) is 0 Å². The Bertz CT molecular complexity index is 219. The van der Waals surface area contributed by atoms with Crippen LogP contribution in [-0.2, 0) is 9.53 Å². The largest absolute Gasteiger partial charge is 0.463 e. The van der Waals surface area contributed by atoms with E-state index in [4.69, 9.17) is 4.74 Å². The molecule has 0 unspecified atom stereocenters. The molecule has 0 spiro atoms. The maximum absolute atomic E-state index is 11.0. The molecule has 0 aliphatic carbocycles. The Balaban J connectivity index is 3.17. The van der Waals surface area contributed by atoms with Crippen LogP contribution in [0.5, 0.6) is 0 Å². The molecular formula is C15H26O2. The Hall–Kier alpha value is -1.05. The maximum Gasteiger partial charge on any atom is 0.330 e. The van der Waals surface area contributed by atoms with Gasteiger partial charge in [-0.3, -0.25) is 0 Å². The van der Waals surface area contributed by atoms with E-state index in [-0.39, 0.29) is 5.97 Å². The molecular weight excluding hydrogens is 212 g/mol. The van der Waals surface area contributed by atoms with Crippen LogP contribution in [-0.4, -0.2) is 12.6 Å². The van der Waals surface area contributed by atoms with Gasteiger partial charge < -0.3 is 4.74 Å². The number of ether oxygens (including phenoxy) is 1. The molecule has 0 aromatic rings. The van der Waals surface area contributed by atoms with E-state index in [0.29, 0.717) is 6.61 Å². The van der Waals surface area contributed by atoms with Gasteiger partial charge in [-0.1, -0.05) is 37.8 Å². The van der Waals surface area contributed by atoms with E-state index < -0.39 is 0 Å². The summed E-state index contributed by atoms with van der Waals surface area (Å²) in [6.45, 7) is 5.98. The second-order valence-corrected chi connectivity index (χ2v) is 4.14. The van der Waals surface area contributed by atoms with Crippen LogP contribution in [0, 0.1) is 0 Å². The third-order valence-corrected chi connectivity index (χ3v) is 2.57. The summed E-state index contributed by atoms with van der Waals surface area (Å²) in [5.74, 6) is -0.225. The molecule has 0 aromatic heterocycles. The van der Waals surface area contributed by atoms with Crippen LogP contribution in [0.25, 0.3) is 0 Å². The lowest BCUT2D eigenvalue weighted by Gasteiger charge is -1.99. The first-order chi connectivity index (χ1) is 8.31. The van der Waals surface area contributed by atoms with Crippen molar-refractivity contribution in [2.24, 2.45) is 0 Å². The van der Waals surface area contributed by atoms with E-state index in [1.165, 1.54) is 38.2 Å². The predicted octanol–water partition coefficient (Wildman–Crippen LogP) is 4.41. The van der Waals surface area contributed by atoms with Gasteiger partial charge in [0.15, 0.2) is 0 Å². The Kier molecular flexibility index (Phi) is 12.2. The molecule has 98 valence electrons. The van der Waals surface area contributed by atoms with Crippen LogP contribution >= 0.6 is 0 Å². The molecule has 0 aliphatic heterocycles. The van der Waals surface area contributed by atoms with Crippen molar-refractivity contribution in [1.82, 2.24) is 0 Å². The van der Waals surface area contributed by atoms with Gasteiger partial charge in [0.25, 0.3) is 0 Å². The Morgan fingerprint density at radius 2 is 1.65 bits per heavy atom. The number of rotatable bonds is 11. The molecule has 0 radical (unpaired) electrons. The van der Waals surface area contributed by atoms with Crippen LogP contribution < -0.4 is 0 Å². The Labute approximate surface area is 106 Å². The minimum absolute atomic E-state index is 0.225. The van der Waals surface area contributed by atoms with Crippen molar-refractivity contribution >= 4 is 5.97 Å². The molecule has 2 heteroatoms. The van der Waals surface area contributed by atoms with Gasteiger partial charge in [-0.25, -0.2) is 4.79 Å². The van der Waals surface area contributed by atoms with Crippen LogP contribution in [0.2, 0.25) is 0 Å². The highest BCUT2D eigenvalue weighted by molar-refractivity contribution is 5.81. The molecule has 2 nitrogen and oxygen atoms in total. The zero-order valence-electron chi connectivity index (χ0n) is 11.1. The molecule has 0 saturated carbocycles. The van der Waals surface area contributed by atoms with Gasteiger partial charge in [0.2, 0.25) is 0 Å². The van der Waals surface area contributed by atoms with Gasteiger partial charge in [-0.2, -0.15) is 0 Å². The van der Waals surface area contributed by atoms with E-state index >= 15 is 0 Å². The number of unbranched alkanes of at least 4 members (excludes halogenated alkanes) is 7. The minimum Gasteiger partial charge on any atom is -0.463 e. The van der Waals surface area contributed by atoms with Crippen molar-refractivity contribution in [3.05, 3.63) is 24.8 Å². The molecule has 0 N–H and O–H groups in total. The van der Waals surface area contributed by atoms with E-state index in [1.807, 2.05) is 19.1 Å². The van der Waals surface area contributed by atoms with Crippen LogP contribution in [0.15, 0.2) is 24.8 Å². The second kappa shape index (κ2) is 13.0. The summed E-state index contributed by atoms with van der Waals surface area (Å²) in [6, 6.07) is 0. The third-order valence-electron chi connectivity index (χ3n) is 2.57. The SMILES string of the molecule is C=CCCCCCCCC/C=C\C(=O)OCC. The molecule has 17 heavy (non-hydrogen) atoms. The van der Waals surface area contributed by atoms with Gasteiger partial charge >= 0.3 is 5.97 Å². The average Bonchev–Trinajstić information content (AvgIpc) is 2.32. The highest BCUT2D eigenvalue weighted by Gasteiger charge is 1.93. The van der Waals surface area contributed by atoms with Crippen LogP contribution in [0.4, 0.5) is 0 Å². The third kappa shape index (κ3) is 12.9. The standard InChI is InChI=1S/C15H26O2/c1-3-5-6-7-8-9-10-11-12-13-14-15(16)17-4-2/h3,13-14H,1,4-12H2,2H3/b14-13-. The van der Waals surface area contributed by atoms with Gasteiger partial charge in [0.05, 0.1) is 6.61 Å². The van der Waals surface area contributed by atoms with E-state index in [2.05, 4.69) is 6.58 Å². The summed E-state index contributed by atoms with van der Waals surface area (Å²) in [5, 5.41) is 0. The zero-order chi connectivity index (χ0) is 12.8. The Morgan fingerprint density at radius 3 is 2.24 bits per heavy atom. The summed E-state index contributed by atoms with van der Waals surface area (Å²) in [6.07, 6.45) is 15.2.